The molecule has 0 bridgehead atoms. The number of nitrogens with one attached hydrogen (secondary N) is 4. The fraction of sp³-hybridized carbons (Fsp3) is 0.407. The number of hydrogen-bond donors (Lipinski definition) is 4. The van der Waals surface area contributed by atoms with Gasteiger partial charge >= 0.3 is 0 Å². The maximum absolute atomic E-state index is 13.2. The van der Waals surface area contributed by atoms with Crippen molar-refractivity contribution in [2.45, 2.75) is 25.0 Å². The molecule has 2 aromatic heterocycles. The molecule has 3 aromatic rings. The van der Waals surface area contributed by atoms with E-state index >= 15 is 0 Å². The fourth-order valence-electron chi connectivity index (χ4n) is 4.40. The molecule has 1 fully saturated rings. The average molecular weight is 602 g/mol. The van der Waals surface area contributed by atoms with Gasteiger partial charge in [0.2, 0.25) is 5.91 Å². The van der Waals surface area contributed by atoms with Crippen LogP contribution in [-0.4, -0.2) is 101 Å². The Bertz CT molecular complexity index is 1490. The second kappa shape index (κ2) is 13.6. The van der Waals surface area contributed by atoms with Crippen LogP contribution in [0.3, 0.4) is 0 Å². The molecule has 1 atom stereocenters. The summed E-state index contributed by atoms with van der Waals surface area (Å²) in [4.78, 5) is 45.4. The average Bonchev–Trinajstić information content (AvgIpc) is 3.67. The van der Waals surface area contributed by atoms with Crippen molar-refractivity contribution in [1.82, 2.24) is 30.7 Å². The Labute approximate surface area is 258 Å². The highest BCUT2D eigenvalue weighted by Crippen LogP contribution is 2.40. The second-order valence-corrected chi connectivity index (χ2v) is 13.1. The molecule has 4 rings (SSSR count). The van der Waals surface area contributed by atoms with Crippen LogP contribution >= 0.6 is 11.3 Å². The lowest BCUT2D eigenvalue weighted by Gasteiger charge is -2.22. The van der Waals surface area contributed by atoms with E-state index in [0.29, 0.717) is 45.0 Å². The van der Waals surface area contributed by atoms with Crippen molar-refractivity contribution < 1.29 is 19.1 Å². The number of carbonyl (C=O) groups excluding carboxylic acids is 3. The number of aromatic nitrogens is 3. The molecule has 1 aliphatic rings. The highest BCUT2D eigenvalue weighted by molar-refractivity contribution is 7.17. The zero-order valence-electron chi connectivity index (χ0n) is 25.7. The third-order valence-electron chi connectivity index (χ3n) is 6.43. The molecule has 0 spiro atoms. The quantitative estimate of drug-likeness (QED) is 0.196. The second-order valence-electron chi connectivity index (χ2n) is 12.1. The first-order valence-electron chi connectivity index (χ1n) is 14.2. The molecule has 0 aliphatic heterocycles. The summed E-state index contributed by atoms with van der Waals surface area (Å²) in [6.07, 6.45) is 3.24. The number of thiazole rings is 1. The van der Waals surface area contributed by atoms with Crippen molar-refractivity contribution in [2.24, 2.45) is 11.8 Å². The van der Waals surface area contributed by atoms with E-state index in [1.54, 1.807) is 18.3 Å². The van der Waals surface area contributed by atoms with Gasteiger partial charge in [0.15, 0.2) is 17.3 Å². The van der Waals surface area contributed by atoms with Crippen molar-refractivity contribution in [3.05, 3.63) is 41.0 Å². The van der Waals surface area contributed by atoms with Crippen LogP contribution in [0.25, 0.3) is 10.6 Å². The monoisotopic (exact) mass is 602 g/mol. The first-order chi connectivity index (χ1) is 20.3. The number of rotatable bonds is 13. The van der Waals surface area contributed by atoms with E-state index in [1.165, 1.54) is 18.4 Å². The standard InChI is InChI=1S/C27H37B3N8O4S/c1-14(13-38(2)3)11-31-24(40)19-12-32-26(43-19)16-6-5-7-17(22(16)42-4)33-18-10-20(34-23(39)15-8-9-15)36-37-21(18)25(41)35-27(28,29)30/h5-7,10,12,14-15H,8-9,11,13,28-30H2,1-4H3,(H,31,40)(H,35,41)(H2,33,34,36,39). The Morgan fingerprint density at radius 1 is 1.14 bits per heavy atom. The van der Waals surface area contributed by atoms with Crippen LogP contribution in [0.2, 0.25) is 0 Å². The van der Waals surface area contributed by atoms with E-state index < -0.39 is 11.1 Å². The van der Waals surface area contributed by atoms with Gasteiger partial charge in [0.1, 0.15) is 33.4 Å². The molecule has 16 heteroatoms. The van der Waals surface area contributed by atoms with Gasteiger partial charge in [-0.05, 0) is 50.2 Å². The first-order valence-corrected chi connectivity index (χ1v) is 15.0. The summed E-state index contributed by atoms with van der Waals surface area (Å²) in [6, 6.07) is 7.05. The number of benzene rings is 1. The molecule has 1 aromatic carbocycles. The Hall–Kier alpha value is -3.91. The van der Waals surface area contributed by atoms with Crippen molar-refractivity contribution >= 4 is 69.8 Å². The summed E-state index contributed by atoms with van der Waals surface area (Å²) in [5.74, 6) is 0.250. The number of nitrogens with zero attached hydrogens (tertiary/aromatic N) is 4. The molecule has 0 radical (unpaired) electrons. The maximum atomic E-state index is 13.2. The van der Waals surface area contributed by atoms with Crippen molar-refractivity contribution in [1.29, 1.82) is 0 Å². The summed E-state index contributed by atoms with van der Waals surface area (Å²) >= 11 is 1.26. The number of methoxy groups -OCH3 is 1. The van der Waals surface area contributed by atoms with Gasteiger partial charge < -0.3 is 30.9 Å². The summed E-state index contributed by atoms with van der Waals surface area (Å²) in [5.41, 5.74) is 1.60. The molecule has 1 unspecified atom stereocenters. The predicted molar refractivity (Wildman–Crippen MR) is 177 cm³/mol. The minimum absolute atomic E-state index is 0.0226. The van der Waals surface area contributed by atoms with Crippen molar-refractivity contribution in [3.63, 3.8) is 0 Å². The topological polar surface area (TPSA) is 150 Å². The first kappa shape index (κ1) is 32.0. The van der Waals surface area contributed by atoms with Gasteiger partial charge in [-0.15, -0.1) is 21.5 Å². The van der Waals surface area contributed by atoms with Crippen LogP contribution < -0.4 is 26.0 Å². The molecular formula is C27H37B3N8O4S. The number of anilines is 3. The van der Waals surface area contributed by atoms with Gasteiger partial charge in [-0.1, -0.05) is 13.0 Å². The molecule has 1 aliphatic carbocycles. The molecule has 2 heterocycles. The Morgan fingerprint density at radius 3 is 2.53 bits per heavy atom. The van der Waals surface area contributed by atoms with Crippen molar-refractivity contribution in [2.75, 3.05) is 44.9 Å². The van der Waals surface area contributed by atoms with Gasteiger partial charge in [-0.2, -0.15) is 0 Å². The zero-order chi connectivity index (χ0) is 31.3. The Balaban J connectivity index is 1.61. The minimum atomic E-state index is -0.508. The Kier molecular flexibility index (Phi) is 10.1. The van der Waals surface area contributed by atoms with Crippen LogP contribution in [0.4, 0.5) is 17.2 Å². The molecule has 224 valence electrons. The highest BCUT2D eigenvalue weighted by atomic mass is 32.1. The van der Waals surface area contributed by atoms with Crippen LogP contribution in [0.1, 0.15) is 39.9 Å². The van der Waals surface area contributed by atoms with Gasteiger partial charge in [0.05, 0.1) is 30.2 Å². The molecular weight excluding hydrogens is 565 g/mol. The van der Waals surface area contributed by atoms with Crippen LogP contribution in [0.15, 0.2) is 30.5 Å². The van der Waals surface area contributed by atoms with E-state index in [0.717, 1.165) is 19.4 Å². The van der Waals surface area contributed by atoms with Crippen LogP contribution in [0.5, 0.6) is 5.75 Å². The normalized spacial score (nSPS) is 13.7. The zero-order valence-corrected chi connectivity index (χ0v) is 26.5. The smallest absolute Gasteiger partial charge is 0.272 e. The van der Waals surface area contributed by atoms with E-state index in [2.05, 4.69) is 48.3 Å². The van der Waals surface area contributed by atoms with Gasteiger partial charge in [-0.3, -0.25) is 14.4 Å². The van der Waals surface area contributed by atoms with E-state index in [9.17, 15) is 14.4 Å². The van der Waals surface area contributed by atoms with Crippen LogP contribution in [0, 0.1) is 11.8 Å². The third kappa shape index (κ3) is 8.80. The molecule has 3 amide bonds. The number of ether oxygens (including phenoxy) is 1. The van der Waals surface area contributed by atoms with Crippen molar-refractivity contribution in [3.8, 4) is 16.3 Å². The fourth-order valence-corrected chi connectivity index (χ4v) is 5.26. The number of carbonyl (C=O) groups is 3. The lowest BCUT2D eigenvalue weighted by atomic mass is 9.49. The molecule has 1 saturated carbocycles. The lowest BCUT2D eigenvalue weighted by Crippen LogP contribution is -2.50. The summed E-state index contributed by atoms with van der Waals surface area (Å²) in [5, 5.41) is 20.3. The number of para-hydroxylation sites is 1. The largest absolute Gasteiger partial charge is 0.494 e. The highest BCUT2D eigenvalue weighted by Gasteiger charge is 2.30. The number of amides is 3. The molecule has 4 N–H and O–H groups in total. The van der Waals surface area contributed by atoms with Gasteiger partial charge in [-0.25, -0.2) is 4.98 Å². The summed E-state index contributed by atoms with van der Waals surface area (Å²) < 4.78 is 5.80. The van der Waals surface area contributed by atoms with E-state index in [-0.39, 0.29) is 29.2 Å². The molecule has 0 saturated heterocycles. The number of hydrogen-bond acceptors (Lipinski definition) is 10. The van der Waals surface area contributed by atoms with Crippen LogP contribution in [-0.2, 0) is 4.79 Å². The van der Waals surface area contributed by atoms with Gasteiger partial charge in [0, 0.05) is 25.1 Å². The summed E-state index contributed by atoms with van der Waals surface area (Å²) in [7, 11) is 11.2. The maximum Gasteiger partial charge on any atom is 0.272 e. The molecule has 12 nitrogen and oxygen atoms in total. The predicted octanol–water partition coefficient (Wildman–Crippen LogP) is -0.131. The van der Waals surface area contributed by atoms with Gasteiger partial charge in [0.25, 0.3) is 11.8 Å². The summed E-state index contributed by atoms with van der Waals surface area (Å²) in [6.45, 7) is 3.51. The minimum Gasteiger partial charge on any atom is -0.494 e. The SMILES string of the molecule is BC(B)(B)NC(=O)c1nnc(NC(=O)C2CC2)cc1Nc1cccc(-c2ncc(C(=O)NCC(C)CN(C)C)s2)c1OC. The molecule has 43 heavy (non-hydrogen) atoms. The van der Waals surface area contributed by atoms with E-state index in [4.69, 9.17) is 4.74 Å². The Morgan fingerprint density at radius 2 is 1.88 bits per heavy atom. The lowest BCUT2D eigenvalue weighted by molar-refractivity contribution is -0.117. The third-order valence-corrected chi connectivity index (χ3v) is 7.46. The van der Waals surface area contributed by atoms with E-state index in [1.807, 2.05) is 49.8 Å².